The molecule has 0 saturated heterocycles. The number of rotatable bonds is 2. The molecular weight excluding hydrogens is 444 g/mol. The van der Waals surface area contributed by atoms with Crippen LogP contribution in [0.15, 0.2) is 46.6 Å². The van der Waals surface area contributed by atoms with Crippen LogP contribution >= 0.6 is 39.5 Å². The van der Waals surface area contributed by atoms with Crippen molar-refractivity contribution < 1.29 is 11.6 Å². The van der Waals surface area contributed by atoms with Crippen molar-refractivity contribution in [3.05, 3.63) is 53.0 Å². The van der Waals surface area contributed by atoms with Gasteiger partial charge in [0.25, 0.3) is 0 Å². The molecule has 2 aliphatic rings. The summed E-state index contributed by atoms with van der Waals surface area (Å²) in [7, 11) is 0. The summed E-state index contributed by atoms with van der Waals surface area (Å²) in [4.78, 5) is 0. The molecule has 4 heteroatoms. The molecule has 0 spiro atoms. The first-order chi connectivity index (χ1) is 8.00. The van der Waals surface area contributed by atoms with Gasteiger partial charge in [0.2, 0.25) is 0 Å². The third-order valence-corrected chi connectivity index (χ3v) is 2.77. The van der Waals surface area contributed by atoms with Gasteiger partial charge in [-0.2, -0.15) is 6.42 Å². The quantitative estimate of drug-likeness (QED) is 0.337. The van der Waals surface area contributed by atoms with E-state index in [1.54, 1.807) is 0 Å². The topological polar surface area (TPSA) is 0 Å². The summed E-state index contributed by atoms with van der Waals surface area (Å²) < 4.78 is 0. The van der Waals surface area contributed by atoms with Gasteiger partial charge in [0.1, 0.15) is 0 Å². The number of allylic oxidation sites excluding steroid dienone is 8. The van der Waals surface area contributed by atoms with Crippen LogP contribution in [0.1, 0.15) is 26.7 Å². The van der Waals surface area contributed by atoms with Crippen LogP contribution in [0.25, 0.3) is 0 Å². The van der Waals surface area contributed by atoms with Crippen molar-refractivity contribution in [3.8, 4) is 0 Å². The van der Waals surface area contributed by atoms with Gasteiger partial charge in [-0.25, -0.2) is 0 Å². The van der Waals surface area contributed by atoms with E-state index < -0.39 is 11.6 Å². The molecule has 2 aliphatic carbocycles. The maximum absolute atomic E-state index is 3.27. The summed E-state index contributed by atoms with van der Waals surface area (Å²) in [5.41, 5.74) is 5.82. The first kappa shape index (κ1) is 16.0. The first-order valence-electron chi connectivity index (χ1n) is 5.41. The van der Waals surface area contributed by atoms with Gasteiger partial charge in [0, 0.05) is 0 Å². The Hall–Kier alpha value is 0.984. The van der Waals surface area contributed by atoms with Crippen molar-refractivity contribution in [2.24, 2.45) is 0 Å². The van der Waals surface area contributed by atoms with E-state index in [9.17, 15) is 0 Å². The van der Waals surface area contributed by atoms with E-state index in [2.05, 4.69) is 84.1 Å². The fraction of sp³-hybridized carbons (Fsp3) is 0.308. The third-order valence-electron chi connectivity index (χ3n) is 2.77. The average Bonchev–Trinajstić information content (AvgIpc) is 2.78. The van der Waals surface area contributed by atoms with Gasteiger partial charge in [-0.05, 0) is 12.8 Å². The van der Waals surface area contributed by atoms with Crippen molar-refractivity contribution >= 4 is 39.5 Å². The second kappa shape index (κ2) is 8.21. The molecule has 0 atom stereocenters. The molecule has 0 saturated carbocycles. The molecule has 0 aromatic rings. The van der Waals surface area contributed by atoms with E-state index in [1.165, 1.54) is 22.3 Å². The fourth-order valence-electron chi connectivity index (χ4n) is 1.82. The molecule has 0 radical (unpaired) electrons. The first-order valence-corrected chi connectivity index (χ1v) is 17.0. The number of hydrogen-bond acceptors (Lipinski definition) is 0. The molecule has 0 heterocycles. The van der Waals surface area contributed by atoms with Gasteiger partial charge in [-0.15, -0.1) is 34.4 Å². The molecule has 17 heavy (non-hydrogen) atoms. The van der Waals surface area contributed by atoms with Gasteiger partial charge in [-0.1, -0.05) is 26.0 Å². The molecule has 92 valence electrons. The van der Waals surface area contributed by atoms with Gasteiger partial charge in [0.05, 0.1) is 0 Å². The minimum absolute atomic E-state index is 0.896. The van der Waals surface area contributed by atoms with Crippen LogP contribution in [0.5, 0.6) is 0 Å². The normalized spacial score (nSPS) is 17.5. The Morgan fingerprint density at radius 3 is 1.53 bits per heavy atom. The average molecular weight is 459 g/mol. The molecular formula is C13H15Br3Ti. The van der Waals surface area contributed by atoms with Crippen LogP contribution in [0.4, 0.5) is 0 Å². The second-order valence-corrected chi connectivity index (χ2v) is 27.6. The maximum atomic E-state index is 3.27. The molecule has 0 aromatic heterocycles. The van der Waals surface area contributed by atoms with Crippen molar-refractivity contribution in [2.75, 3.05) is 0 Å². The van der Waals surface area contributed by atoms with E-state index in [0.29, 0.717) is 0 Å². The Labute approximate surface area is 129 Å². The molecule has 0 aromatic carbocycles. The van der Waals surface area contributed by atoms with E-state index in [4.69, 9.17) is 0 Å². The Morgan fingerprint density at radius 1 is 0.941 bits per heavy atom. The van der Waals surface area contributed by atoms with Crippen LogP contribution in [-0.2, 0) is 11.6 Å². The molecule has 0 N–H and O–H groups in total. The Bertz CT molecular complexity index is 353. The zero-order valence-corrected chi connectivity index (χ0v) is 16.3. The summed E-state index contributed by atoms with van der Waals surface area (Å²) in [5, 5.41) is 0. The molecule has 0 unspecified atom stereocenters. The zero-order valence-electron chi connectivity index (χ0n) is 9.93. The van der Waals surface area contributed by atoms with Crippen LogP contribution in [0.2, 0.25) is 0 Å². The SMILES string of the molecule is CC1=C([CH-]C2=C(C)C=CC2)CC=C1.[Br][Ti+]([Br])[Br]. The monoisotopic (exact) mass is 456 g/mol. The van der Waals surface area contributed by atoms with Crippen molar-refractivity contribution in [1.82, 2.24) is 0 Å². The standard InChI is InChI=1S/C13H15.3BrH.Ti/c1-10-5-3-7-12(10)9-13-8-4-6-11(13)2;;;;/h3-6,9H,7-8H2,1-2H3;3*1H;/q-1;;;;+4/p-3. The summed E-state index contributed by atoms with van der Waals surface area (Å²) in [5.74, 6) is 0. The Balaban J connectivity index is 0.000000317. The fourth-order valence-corrected chi connectivity index (χ4v) is 1.82. The van der Waals surface area contributed by atoms with Gasteiger partial charge < -0.3 is 0 Å². The Morgan fingerprint density at radius 2 is 1.29 bits per heavy atom. The number of hydrogen-bond donors (Lipinski definition) is 0. The van der Waals surface area contributed by atoms with Gasteiger partial charge in [0.15, 0.2) is 0 Å². The van der Waals surface area contributed by atoms with Crippen LogP contribution < -0.4 is 0 Å². The van der Waals surface area contributed by atoms with E-state index in [1.807, 2.05) is 0 Å². The van der Waals surface area contributed by atoms with Crippen LogP contribution in [-0.4, -0.2) is 0 Å². The summed E-state index contributed by atoms with van der Waals surface area (Å²) in [6.45, 7) is 4.38. The van der Waals surface area contributed by atoms with Crippen molar-refractivity contribution in [2.45, 2.75) is 26.7 Å². The van der Waals surface area contributed by atoms with Gasteiger partial charge >= 0.3 is 51.1 Å². The Kier molecular flexibility index (Phi) is 7.75. The number of halogens is 3. The third kappa shape index (κ3) is 6.11. The van der Waals surface area contributed by atoms with Crippen LogP contribution in [0.3, 0.4) is 0 Å². The molecule has 0 nitrogen and oxygen atoms in total. The predicted octanol–water partition coefficient (Wildman–Crippen LogP) is 6.28. The van der Waals surface area contributed by atoms with E-state index in [-0.39, 0.29) is 0 Å². The molecule has 0 fully saturated rings. The summed E-state index contributed by atoms with van der Waals surface area (Å²) >= 11 is 8.92. The van der Waals surface area contributed by atoms with Crippen molar-refractivity contribution in [3.63, 3.8) is 0 Å². The zero-order chi connectivity index (χ0) is 12.8. The van der Waals surface area contributed by atoms with E-state index >= 15 is 0 Å². The molecule has 2 rings (SSSR count). The van der Waals surface area contributed by atoms with E-state index in [0.717, 1.165) is 12.8 Å². The molecule has 0 aliphatic heterocycles. The molecule has 0 bridgehead atoms. The second-order valence-electron chi connectivity index (χ2n) is 3.99. The summed E-state index contributed by atoms with van der Waals surface area (Å²) in [6.07, 6.45) is 13.5. The van der Waals surface area contributed by atoms with Gasteiger partial charge in [-0.3, -0.25) is 0 Å². The van der Waals surface area contributed by atoms with Crippen molar-refractivity contribution in [1.29, 1.82) is 0 Å². The van der Waals surface area contributed by atoms with Crippen LogP contribution in [0, 0.1) is 6.42 Å². The minimum atomic E-state index is -0.896. The molecule has 0 amide bonds. The predicted molar refractivity (Wildman–Crippen MR) is 84.0 cm³/mol. The summed E-state index contributed by atoms with van der Waals surface area (Å²) in [6, 6.07) is 0.